The van der Waals surface area contributed by atoms with Gasteiger partial charge in [0.2, 0.25) is 5.95 Å². The van der Waals surface area contributed by atoms with Gasteiger partial charge in [0.1, 0.15) is 0 Å². The molecule has 1 aliphatic rings. The summed E-state index contributed by atoms with van der Waals surface area (Å²) in [6.07, 6.45) is 1.50. The van der Waals surface area contributed by atoms with Gasteiger partial charge in [-0.3, -0.25) is 0 Å². The number of hydrogen-bond acceptors (Lipinski definition) is 3. The fourth-order valence-electron chi connectivity index (χ4n) is 3.43. The number of imidazole rings is 1. The maximum atomic E-state index is 10.1. The number of para-hydroxylation sites is 2. The number of halogens is 2. The van der Waals surface area contributed by atoms with E-state index in [0.717, 1.165) is 41.9 Å². The molecule has 0 radical (unpaired) electrons. The van der Waals surface area contributed by atoms with Crippen molar-refractivity contribution in [3.8, 4) is 0 Å². The van der Waals surface area contributed by atoms with E-state index in [9.17, 15) is 5.11 Å². The number of piperidine rings is 1. The van der Waals surface area contributed by atoms with Gasteiger partial charge in [0.25, 0.3) is 0 Å². The number of aliphatic hydroxyl groups is 1. The Balaban J connectivity index is 1.80. The Labute approximate surface area is 156 Å². The van der Waals surface area contributed by atoms with Gasteiger partial charge in [-0.25, -0.2) is 4.98 Å². The smallest absolute Gasteiger partial charge is 0.206 e. The number of fused-ring (bicyclic) bond motifs is 1. The third-order valence-corrected chi connectivity index (χ3v) is 5.25. The zero-order valence-corrected chi connectivity index (χ0v) is 15.2. The van der Waals surface area contributed by atoms with Crippen molar-refractivity contribution in [2.75, 3.05) is 18.0 Å². The van der Waals surface area contributed by atoms with Crippen molar-refractivity contribution in [3.05, 3.63) is 58.1 Å². The van der Waals surface area contributed by atoms with Gasteiger partial charge < -0.3 is 14.6 Å². The number of rotatable bonds is 3. The van der Waals surface area contributed by atoms with Gasteiger partial charge >= 0.3 is 0 Å². The second kappa shape index (κ2) is 6.87. The summed E-state index contributed by atoms with van der Waals surface area (Å²) in [7, 11) is 0. The first kappa shape index (κ1) is 16.7. The van der Waals surface area contributed by atoms with Crippen molar-refractivity contribution in [2.24, 2.45) is 0 Å². The van der Waals surface area contributed by atoms with Crippen LogP contribution in [0.15, 0.2) is 42.5 Å². The number of hydrogen-bond donors (Lipinski definition) is 1. The summed E-state index contributed by atoms with van der Waals surface area (Å²) in [6.45, 7) is 2.08. The Morgan fingerprint density at radius 1 is 1.16 bits per heavy atom. The van der Waals surface area contributed by atoms with Crippen LogP contribution in [-0.4, -0.2) is 33.9 Å². The first-order valence-corrected chi connectivity index (χ1v) is 9.19. The monoisotopic (exact) mass is 375 g/mol. The largest absolute Gasteiger partial charge is 0.391 e. The van der Waals surface area contributed by atoms with Crippen LogP contribution in [-0.2, 0) is 6.54 Å². The molecule has 25 heavy (non-hydrogen) atoms. The molecule has 1 saturated heterocycles. The average molecular weight is 376 g/mol. The molecule has 0 bridgehead atoms. The third-order valence-electron chi connectivity index (χ3n) is 4.65. The van der Waals surface area contributed by atoms with Crippen molar-refractivity contribution >= 4 is 40.2 Å². The molecule has 4 rings (SSSR count). The van der Waals surface area contributed by atoms with Gasteiger partial charge in [0.05, 0.1) is 23.7 Å². The highest BCUT2D eigenvalue weighted by molar-refractivity contribution is 6.33. The lowest BCUT2D eigenvalue weighted by Gasteiger charge is -2.31. The van der Waals surface area contributed by atoms with E-state index in [4.69, 9.17) is 28.2 Å². The van der Waals surface area contributed by atoms with E-state index < -0.39 is 0 Å². The third kappa shape index (κ3) is 3.34. The maximum absolute atomic E-state index is 10.1. The Kier molecular flexibility index (Phi) is 4.59. The van der Waals surface area contributed by atoms with Crippen LogP contribution in [0, 0.1) is 0 Å². The lowest BCUT2D eigenvalue weighted by molar-refractivity contribution is 0.153. The van der Waals surface area contributed by atoms with Gasteiger partial charge in [0.15, 0.2) is 0 Å². The second-order valence-corrected chi connectivity index (χ2v) is 7.31. The lowest BCUT2D eigenvalue weighted by Crippen LogP contribution is -2.39. The molecular formula is C19H19Cl2N3O. The van der Waals surface area contributed by atoms with Crippen molar-refractivity contribution in [1.82, 2.24) is 9.55 Å². The van der Waals surface area contributed by atoms with Crippen LogP contribution in [0.4, 0.5) is 5.95 Å². The molecule has 1 unspecified atom stereocenters. The van der Waals surface area contributed by atoms with Crippen LogP contribution in [0.25, 0.3) is 11.0 Å². The van der Waals surface area contributed by atoms with Crippen molar-refractivity contribution < 1.29 is 5.11 Å². The number of nitrogens with zero attached hydrogens (tertiary/aromatic N) is 3. The number of aliphatic hydroxyl groups excluding tert-OH is 1. The number of benzene rings is 2. The normalized spacial score (nSPS) is 18.0. The van der Waals surface area contributed by atoms with Crippen LogP contribution >= 0.6 is 23.2 Å². The molecule has 1 N–H and O–H groups in total. The van der Waals surface area contributed by atoms with Crippen molar-refractivity contribution in [3.63, 3.8) is 0 Å². The van der Waals surface area contributed by atoms with E-state index in [-0.39, 0.29) is 6.10 Å². The zero-order valence-electron chi connectivity index (χ0n) is 13.7. The number of aromatic nitrogens is 2. The van der Waals surface area contributed by atoms with E-state index in [1.54, 1.807) is 6.07 Å². The van der Waals surface area contributed by atoms with Crippen molar-refractivity contribution in [1.29, 1.82) is 0 Å². The van der Waals surface area contributed by atoms with Crippen LogP contribution in [0.2, 0.25) is 10.0 Å². The molecule has 6 heteroatoms. The molecule has 2 aromatic carbocycles. The lowest BCUT2D eigenvalue weighted by atomic mass is 10.1. The van der Waals surface area contributed by atoms with E-state index in [0.29, 0.717) is 23.1 Å². The summed E-state index contributed by atoms with van der Waals surface area (Å²) >= 11 is 12.5. The molecular weight excluding hydrogens is 357 g/mol. The Hall–Kier alpha value is -1.75. The summed E-state index contributed by atoms with van der Waals surface area (Å²) in [6, 6.07) is 13.6. The fourth-order valence-corrected chi connectivity index (χ4v) is 3.80. The van der Waals surface area contributed by atoms with Crippen molar-refractivity contribution in [2.45, 2.75) is 25.5 Å². The minimum absolute atomic E-state index is 0.309. The molecule has 0 aliphatic carbocycles. The molecule has 1 fully saturated rings. The molecule has 0 saturated carbocycles. The SMILES string of the molecule is OC1CCCN(c2nc3ccccc3n2Cc2cc(Cl)ccc2Cl)C1. The van der Waals surface area contributed by atoms with Gasteiger partial charge in [0, 0.05) is 23.1 Å². The van der Waals surface area contributed by atoms with Gasteiger partial charge in [-0.2, -0.15) is 0 Å². The molecule has 130 valence electrons. The summed E-state index contributed by atoms with van der Waals surface area (Å²) in [5.41, 5.74) is 2.94. The number of anilines is 1. The molecule has 4 nitrogen and oxygen atoms in total. The van der Waals surface area contributed by atoms with Gasteiger partial charge in [-0.05, 0) is 48.7 Å². The first-order chi connectivity index (χ1) is 12.1. The average Bonchev–Trinajstić information content (AvgIpc) is 2.97. The predicted molar refractivity (Wildman–Crippen MR) is 103 cm³/mol. The standard InChI is InChI=1S/C19H19Cl2N3O/c20-14-7-8-16(21)13(10-14)11-24-18-6-2-1-5-17(18)22-19(24)23-9-3-4-15(25)12-23/h1-2,5-8,10,15,25H,3-4,9,11-12H2. The van der Waals surface area contributed by atoms with E-state index in [1.165, 1.54) is 0 Å². The predicted octanol–water partition coefficient (Wildman–Crippen LogP) is 4.35. The molecule has 1 atom stereocenters. The highest BCUT2D eigenvalue weighted by atomic mass is 35.5. The quantitative estimate of drug-likeness (QED) is 0.739. The fraction of sp³-hybridized carbons (Fsp3) is 0.316. The highest BCUT2D eigenvalue weighted by Crippen LogP contribution is 2.29. The zero-order chi connectivity index (χ0) is 17.4. The second-order valence-electron chi connectivity index (χ2n) is 6.46. The summed E-state index contributed by atoms with van der Waals surface area (Å²) in [4.78, 5) is 6.98. The molecule has 0 spiro atoms. The molecule has 1 aromatic heterocycles. The van der Waals surface area contributed by atoms with Gasteiger partial charge in [-0.15, -0.1) is 0 Å². The summed E-state index contributed by atoms with van der Waals surface area (Å²) < 4.78 is 2.16. The Bertz CT molecular complexity index is 909. The minimum atomic E-state index is -0.309. The molecule has 0 amide bonds. The summed E-state index contributed by atoms with van der Waals surface area (Å²) in [5, 5.41) is 11.4. The van der Waals surface area contributed by atoms with E-state index in [2.05, 4.69) is 15.5 Å². The van der Waals surface area contributed by atoms with Crippen LogP contribution in [0.1, 0.15) is 18.4 Å². The van der Waals surface area contributed by atoms with E-state index >= 15 is 0 Å². The number of β-amino-alcohol motifs (C(OH)–C–C–N with tert-alkyl or cyclic N) is 1. The minimum Gasteiger partial charge on any atom is -0.391 e. The molecule has 3 aromatic rings. The molecule has 2 heterocycles. The van der Waals surface area contributed by atoms with Crippen LogP contribution in [0.3, 0.4) is 0 Å². The maximum Gasteiger partial charge on any atom is 0.206 e. The van der Waals surface area contributed by atoms with E-state index in [1.807, 2.05) is 30.3 Å². The highest BCUT2D eigenvalue weighted by Gasteiger charge is 2.23. The topological polar surface area (TPSA) is 41.3 Å². The first-order valence-electron chi connectivity index (χ1n) is 8.44. The Morgan fingerprint density at radius 3 is 2.84 bits per heavy atom. The summed E-state index contributed by atoms with van der Waals surface area (Å²) in [5.74, 6) is 0.871. The van der Waals surface area contributed by atoms with Gasteiger partial charge in [-0.1, -0.05) is 35.3 Å². The van der Waals surface area contributed by atoms with Crippen LogP contribution in [0.5, 0.6) is 0 Å². The Morgan fingerprint density at radius 2 is 2.00 bits per heavy atom. The molecule has 1 aliphatic heterocycles. The van der Waals surface area contributed by atoms with Crippen LogP contribution < -0.4 is 4.90 Å².